The molecule has 26 heavy (non-hydrogen) atoms. The molecule has 0 spiro atoms. The molecule has 136 valence electrons. The molecule has 0 bridgehead atoms. The minimum atomic E-state index is -0.446. The first kappa shape index (κ1) is 17.7. The first-order valence-corrected chi connectivity index (χ1v) is 8.63. The van der Waals surface area contributed by atoms with Gasteiger partial charge in [0.05, 0.1) is 17.7 Å². The van der Waals surface area contributed by atoms with Gasteiger partial charge in [-0.3, -0.25) is 19.5 Å². The van der Waals surface area contributed by atoms with E-state index in [0.717, 1.165) is 0 Å². The maximum absolute atomic E-state index is 12.0. The summed E-state index contributed by atoms with van der Waals surface area (Å²) in [4.78, 5) is 23.2. The molecule has 0 aliphatic heterocycles. The second kappa shape index (κ2) is 7.87. The third-order valence-electron chi connectivity index (χ3n) is 3.26. The number of amides is 2. The summed E-state index contributed by atoms with van der Waals surface area (Å²) in [5, 5.41) is 14.9. The molecule has 3 heterocycles. The highest BCUT2D eigenvalue weighted by Gasteiger charge is 2.18. The number of rotatable bonds is 8. The van der Waals surface area contributed by atoms with Gasteiger partial charge in [-0.1, -0.05) is 16.9 Å². The second-order valence-corrected chi connectivity index (χ2v) is 6.26. The number of nitrogens with two attached hydrogens (primary N) is 1. The lowest BCUT2D eigenvalue weighted by Gasteiger charge is -2.07. The highest BCUT2D eigenvalue weighted by molar-refractivity contribution is 7.99. The Morgan fingerprint density at radius 2 is 2.23 bits per heavy atom. The fourth-order valence-electron chi connectivity index (χ4n) is 2.13. The van der Waals surface area contributed by atoms with Crippen molar-refractivity contribution in [3.63, 3.8) is 0 Å². The number of furan rings is 1. The Balaban J connectivity index is 1.70. The monoisotopic (exact) mass is 376 g/mol. The van der Waals surface area contributed by atoms with Crippen molar-refractivity contribution in [3.05, 3.63) is 30.2 Å². The van der Waals surface area contributed by atoms with Crippen LogP contribution < -0.4 is 11.1 Å². The highest BCUT2D eigenvalue weighted by Crippen LogP contribution is 2.25. The molecule has 0 unspecified atom stereocenters. The highest BCUT2D eigenvalue weighted by atomic mass is 32.2. The SMILES string of the molecule is Cc1cc(NC(=O)CSc2nnc(-c3ccco3)n2CCC(N)=O)on1. The lowest BCUT2D eigenvalue weighted by atomic mass is 10.3. The Morgan fingerprint density at radius 3 is 2.88 bits per heavy atom. The summed E-state index contributed by atoms with van der Waals surface area (Å²) >= 11 is 1.17. The molecule has 3 rings (SSSR count). The van der Waals surface area contributed by atoms with E-state index in [4.69, 9.17) is 14.7 Å². The summed E-state index contributed by atoms with van der Waals surface area (Å²) in [6.45, 7) is 2.04. The standard InChI is InChI=1S/C15H16N6O4S/c1-9-7-13(25-20-9)17-12(23)8-26-15-19-18-14(10-3-2-6-24-10)21(15)5-4-11(16)22/h2-3,6-7H,4-5,8H2,1H3,(H2,16,22)(H,17,23). The van der Waals surface area contributed by atoms with E-state index < -0.39 is 5.91 Å². The summed E-state index contributed by atoms with van der Waals surface area (Å²) in [5.74, 6) is 0.598. The van der Waals surface area contributed by atoms with E-state index in [1.807, 2.05) is 0 Å². The first-order valence-electron chi connectivity index (χ1n) is 7.64. The minimum absolute atomic E-state index is 0.0760. The van der Waals surface area contributed by atoms with Crippen LogP contribution in [0.3, 0.4) is 0 Å². The minimum Gasteiger partial charge on any atom is -0.461 e. The predicted octanol–water partition coefficient (Wildman–Crippen LogP) is 1.44. The van der Waals surface area contributed by atoms with E-state index in [0.29, 0.717) is 22.4 Å². The Bertz CT molecular complexity index is 901. The van der Waals surface area contributed by atoms with Crippen molar-refractivity contribution in [2.24, 2.45) is 5.73 Å². The van der Waals surface area contributed by atoms with Crippen molar-refractivity contribution in [1.29, 1.82) is 0 Å². The molecule has 0 saturated carbocycles. The number of aryl methyl sites for hydroxylation is 1. The summed E-state index contributed by atoms with van der Waals surface area (Å²) < 4.78 is 12.0. The Morgan fingerprint density at radius 1 is 1.38 bits per heavy atom. The summed E-state index contributed by atoms with van der Waals surface area (Å²) in [5.41, 5.74) is 5.90. The zero-order chi connectivity index (χ0) is 18.5. The molecule has 0 saturated heterocycles. The predicted molar refractivity (Wildman–Crippen MR) is 92.1 cm³/mol. The fourth-order valence-corrected chi connectivity index (χ4v) is 2.90. The molecule has 0 aliphatic rings. The maximum Gasteiger partial charge on any atom is 0.237 e. The molecular weight excluding hydrogens is 360 g/mol. The Kier molecular flexibility index (Phi) is 5.37. The number of carbonyl (C=O) groups is 2. The van der Waals surface area contributed by atoms with Gasteiger partial charge in [0.15, 0.2) is 16.7 Å². The summed E-state index contributed by atoms with van der Waals surface area (Å²) in [6.07, 6.45) is 1.63. The lowest BCUT2D eigenvalue weighted by molar-refractivity contribution is -0.118. The van der Waals surface area contributed by atoms with Crippen LogP contribution in [-0.2, 0) is 16.1 Å². The normalized spacial score (nSPS) is 10.8. The van der Waals surface area contributed by atoms with Crippen molar-refractivity contribution in [3.8, 4) is 11.6 Å². The van der Waals surface area contributed by atoms with Crippen LogP contribution >= 0.6 is 11.8 Å². The molecule has 0 aliphatic carbocycles. The molecule has 0 fully saturated rings. The molecule has 0 radical (unpaired) electrons. The average Bonchev–Trinajstić information content (AvgIpc) is 3.31. The van der Waals surface area contributed by atoms with Gasteiger partial charge < -0.3 is 14.7 Å². The van der Waals surface area contributed by atoms with Crippen LogP contribution in [0.25, 0.3) is 11.6 Å². The molecule has 2 amide bonds. The van der Waals surface area contributed by atoms with Gasteiger partial charge in [-0.05, 0) is 19.1 Å². The second-order valence-electron chi connectivity index (χ2n) is 5.32. The number of aromatic nitrogens is 4. The molecule has 0 atom stereocenters. The van der Waals surface area contributed by atoms with Gasteiger partial charge in [0.2, 0.25) is 17.7 Å². The van der Waals surface area contributed by atoms with Crippen LogP contribution in [0.1, 0.15) is 12.1 Å². The van der Waals surface area contributed by atoms with Crippen molar-refractivity contribution in [1.82, 2.24) is 19.9 Å². The van der Waals surface area contributed by atoms with E-state index in [-0.39, 0.29) is 30.5 Å². The lowest BCUT2D eigenvalue weighted by Crippen LogP contribution is -2.16. The number of hydrogen-bond acceptors (Lipinski definition) is 8. The zero-order valence-corrected chi connectivity index (χ0v) is 14.7. The Labute approximate surface area is 152 Å². The average molecular weight is 376 g/mol. The van der Waals surface area contributed by atoms with Crippen molar-refractivity contribution >= 4 is 29.5 Å². The van der Waals surface area contributed by atoms with Crippen molar-refractivity contribution in [2.75, 3.05) is 11.1 Å². The van der Waals surface area contributed by atoms with E-state index in [9.17, 15) is 9.59 Å². The van der Waals surface area contributed by atoms with E-state index in [1.165, 1.54) is 18.0 Å². The number of nitrogens with zero attached hydrogens (tertiary/aromatic N) is 4. The van der Waals surface area contributed by atoms with E-state index in [2.05, 4.69) is 20.7 Å². The quantitative estimate of drug-likeness (QED) is 0.562. The molecule has 11 heteroatoms. The number of anilines is 1. The molecule has 10 nitrogen and oxygen atoms in total. The summed E-state index contributed by atoms with van der Waals surface area (Å²) in [6, 6.07) is 5.08. The number of primary amides is 1. The molecule has 3 aromatic heterocycles. The number of carbonyl (C=O) groups excluding carboxylic acids is 2. The molecular formula is C15H16N6O4S. The van der Waals surface area contributed by atoms with Crippen molar-refractivity contribution in [2.45, 2.75) is 25.0 Å². The smallest absolute Gasteiger partial charge is 0.237 e. The van der Waals surface area contributed by atoms with Gasteiger partial charge in [0, 0.05) is 19.0 Å². The van der Waals surface area contributed by atoms with Crippen molar-refractivity contribution < 1.29 is 18.5 Å². The maximum atomic E-state index is 12.0. The van der Waals surface area contributed by atoms with Gasteiger partial charge >= 0.3 is 0 Å². The molecule has 3 N–H and O–H groups in total. The van der Waals surface area contributed by atoms with Gasteiger partial charge in [-0.2, -0.15) is 0 Å². The van der Waals surface area contributed by atoms with Crippen LogP contribution in [0.4, 0.5) is 5.88 Å². The number of nitrogens with one attached hydrogen (secondary N) is 1. The van der Waals surface area contributed by atoms with E-state index >= 15 is 0 Å². The van der Waals surface area contributed by atoms with E-state index in [1.54, 1.807) is 29.7 Å². The number of hydrogen-bond donors (Lipinski definition) is 2. The van der Waals surface area contributed by atoms with Crippen LogP contribution in [0.2, 0.25) is 0 Å². The first-order chi connectivity index (χ1) is 12.5. The largest absolute Gasteiger partial charge is 0.461 e. The van der Waals surface area contributed by atoms with Gasteiger partial charge in [-0.25, -0.2) is 0 Å². The summed E-state index contributed by atoms with van der Waals surface area (Å²) in [7, 11) is 0. The molecule has 3 aromatic rings. The zero-order valence-electron chi connectivity index (χ0n) is 13.8. The van der Waals surface area contributed by atoms with Crippen LogP contribution in [-0.4, -0.2) is 37.5 Å². The van der Waals surface area contributed by atoms with Gasteiger partial charge in [0.25, 0.3) is 0 Å². The topological polar surface area (TPSA) is 142 Å². The third-order valence-corrected chi connectivity index (χ3v) is 4.23. The number of thioether (sulfide) groups is 1. The van der Waals surface area contributed by atoms with Crippen LogP contribution in [0.5, 0.6) is 0 Å². The third kappa shape index (κ3) is 4.30. The fraction of sp³-hybridized carbons (Fsp3) is 0.267. The molecule has 0 aromatic carbocycles. The van der Waals surface area contributed by atoms with Crippen LogP contribution in [0.15, 0.2) is 38.6 Å². The Hall–Kier alpha value is -3.08. The van der Waals surface area contributed by atoms with Crippen LogP contribution in [0, 0.1) is 6.92 Å². The van der Waals surface area contributed by atoms with Gasteiger partial charge in [0.1, 0.15) is 0 Å². The van der Waals surface area contributed by atoms with Gasteiger partial charge in [-0.15, -0.1) is 10.2 Å².